The number of alkyl halides is 3. The molecule has 4 rings (SSSR count). The van der Waals surface area contributed by atoms with E-state index < -0.39 is 12.1 Å². The van der Waals surface area contributed by atoms with Gasteiger partial charge in [-0.25, -0.2) is 4.98 Å². The molecule has 0 spiro atoms. The molecule has 3 aromatic rings. The smallest absolute Gasteiger partial charge is 0.483 e. The Hall–Kier alpha value is -2.75. The van der Waals surface area contributed by atoms with E-state index in [1.807, 2.05) is 6.92 Å². The van der Waals surface area contributed by atoms with Gasteiger partial charge in [0.05, 0.1) is 17.7 Å². The van der Waals surface area contributed by atoms with Gasteiger partial charge in [-0.15, -0.1) is 24.5 Å². The van der Waals surface area contributed by atoms with Crippen molar-refractivity contribution in [1.29, 1.82) is 0 Å². The molecule has 1 amide bonds. The number of nitrogens with zero attached hydrogens (tertiary/aromatic N) is 1. The molecular formula is C19H18F3N3O3S. The van der Waals surface area contributed by atoms with E-state index in [2.05, 4.69) is 20.0 Å². The van der Waals surface area contributed by atoms with Crippen LogP contribution in [0.3, 0.4) is 0 Å². The van der Waals surface area contributed by atoms with Gasteiger partial charge in [-0.3, -0.25) is 4.79 Å². The zero-order valence-corrected chi connectivity index (χ0v) is 16.2. The molecule has 10 heteroatoms. The molecule has 0 bridgehead atoms. The summed E-state index contributed by atoms with van der Waals surface area (Å²) < 4.78 is 48.1. The highest BCUT2D eigenvalue weighted by Crippen LogP contribution is 2.45. The average Bonchev–Trinajstić information content (AvgIpc) is 3.06. The number of benzene rings is 1. The molecule has 0 saturated heterocycles. The minimum atomic E-state index is -4.85. The number of aromatic amines is 1. The molecule has 1 saturated carbocycles. The minimum Gasteiger partial charge on any atom is -0.483 e. The number of nitrogens with one attached hydrogen (secondary N) is 2. The highest BCUT2D eigenvalue weighted by Gasteiger charge is 2.44. The van der Waals surface area contributed by atoms with Crippen molar-refractivity contribution >= 4 is 28.1 Å². The number of rotatable bonds is 7. The van der Waals surface area contributed by atoms with E-state index in [4.69, 9.17) is 4.74 Å². The third-order valence-corrected chi connectivity index (χ3v) is 5.45. The average molecular weight is 425 g/mol. The number of hydrogen-bond acceptors (Lipinski definition) is 5. The van der Waals surface area contributed by atoms with Gasteiger partial charge in [0.2, 0.25) is 5.91 Å². The summed E-state index contributed by atoms with van der Waals surface area (Å²) in [6.07, 6.45) is -3.12. The lowest BCUT2D eigenvalue weighted by Gasteiger charge is -2.14. The first-order chi connectivity index (χ1) is 13.7. The molecule has 1 aliphatic carbocycles. The first-order valence-corrected chi connectivity index (χ1v) is 9.86. The van der Waals surface area contributed by atoms with Crippen LogP contribution in [0.2, 0.25) is 0 Å². The monoisotopic (exact) mass is 425 g/mol. The van der Waals surface area contributed by atoms with Crippen LogP contribution < -0.4 is 14.8 Å². The van der Waals surface area contributed by atoms with Crippen molar-refractivity contribution in [3.8, 4) is 11.5 Å². The maximum Gasteiger partial charge on any atom is 0.573 e. The summed E-state index contributed by atoms with van der Waals surface area (Å²) in [6, 6.07) is 4.40. The lowest BCUT2D eigenvalue weighted by Crippen LogP contribution is -2.29. The molecule has 0 atom stereocenters. The lowest BCUT2D eigenvalue weighted by molar-refractivity contribution is -0.275. The topological polar surface area (TPSA) is 76.2 Å². The molecule has 1 aromatic carbocycles. The predicted molar refractivity (Wildman–Crippen MR) is 101 cm³/mol. The van der Waals surface area contributed by atoms with Gasteiger partial charge in [-0.05, 0) is 25.0 Å². The number of thiazole rings is 1. The zero-order valence-electron chi connectivity index (χ0n) is 15.4. The summed E-state index contributed by atoms with van der Waals surface area (Å²) in [7, 11) is 0. The second-order valence-corrected chi connectivity index (χ2v) is 7.96. The molecule has 0 aliphatic heterocycles. The molecule has 1 fully saturated rings. The van der Waals surface area contributed by atoms with Crippen LogP contribution in [0.15, 0.2) is 29.1 Å². The molecule has 0 radical (unpaired) electrons. The van der Waals surface area contributed by atoms with Crippen molar-refractivity contribution in [3.05, 3.63) is 40.5 Å². The van der Waals surface area contributed by atoms with Crippen LogP contribution in [0.4, 0.5) is 13.2 Å². The zero-order chi connectivity index (χ0) is 20.6. The maximum atomic E-state index is 12.8. The molecule has 154 valence electrons. The number of aromatic nitrogens is 2. The summed E-state index contributed by atoms with van der Waals surface area (Å²) in [5, 5.41) is 5.12. The van der Waals surface area contributed by atoms with E-state index >= 15 is 0 Å². The number of amides is 1. The van der Waals surface area contributed by atoms with Crippen LogP contribution in [0.5, 0.6) is 11.5 Å². The van der Waals surface area contributed by atoms with Crippen LogP contribution in [0.25, 0.3) is 10.9 Å². The van der Waals surface area contributed by atoms with Gasteiger partial charge in [0, 0.05) is 33.5 Å². The van der Waals surface area contributed by atoms with Gasteiger partial charge < -0.3 is 19.8 Å². The van der Waals surface area contributed by atoms with Crippen molar-refractivity contribution in [2.24, 2.45) is 5.41 Å². The highest BCUT2D eigenvalue weighted by molar-refractivity contribution is 7.07. The number of hydrogen-bond donors (Lipinski definition) is 2. The Morgan fingerprint density at radius 1 is 1.31 bits per heavy atom. The Morgan fingerprint density at radius 2 is 2.10 bits per heavy atom. The quantitative estimate of drug-likeness (QED) is 0.584. The Morgan fingerprint density at radius 3 is 2.76 bits per heavy atom. The van der Waals surface area contributed by atoms with Gasteiger partial charge in [-0.2, -0.15) is 0 Å². The van der Waals surface area contributed by atoms with E-state index in [9.17, 15) is 18.0 Å². The molecule has 1 aliphatic rings. The van der Waals surface area contributed by atoms with Crippen molar-refractivity contribution in [3.63, 3.8) is 0 Å². The fourth-order valence-corrected chi connectivity index (χ4v) is 3.42. The molecule has 2 N–H and O–H groups in total. The summed E-state index contributed by atoms with van der Waals surface area (Å²) in [4.78, 5) is 19.2. The van der Waals surface area contributed by atoms with Crippen LogP contribution >= 0.6 is 11.3 Å². The van der Waals surface area contributed by atoms with Crippen LogP contribution in [0, 0.1) is 5.41 Å². The summed E-state index contributed by atoms with van der Waals surface area (Å²) in [5.74, 6) is -0.504. The lowest BCUT2D eigenvalue weighted by atomic mass is 10.1. The molecule has 2 aromatic heterocycles. The number of ether oxygens (including phenoxy) is 2. The third-order valence-electron chi connectivity index (χ3n) is 4.81. The number of carbonyl (C=O) groups is 1. The molecule has 29 heavy (non-hydrogen) atoms. The number of halogens is 3. The normalized spacial score (nSPS) is 15.3. The number of carbonyl (C=O) groups excluding carboxylic acids is 1. The maximum absolute atomic E-state index is 12.8. The minimum absolute atomic E-state index is 0.0193. The van der Waals surface area contributed by atoms with Crippen LogP contribution in [0.1, 0.15) is 31.2 Å². The van der Waals surface area contributed by atoms with Gasteiger partial charge in [0.1, 0.15) is 6.61 Å². The largest absolute Gasteiger partial charge is 0.573 e. The predicted octanol–water partition coefficient (Wildman–Crippen LogP) is 4.52. The third kappa shape index (κ3) is 4.64. The summed E-state index contributed by atoms with van der Waals surface area (Å²) in [5.41, 5.74) is 3.18. The van der Waals surface area contributed by atoms with E-state index in [0.29, 0.717) is 22.3 Å². The van der Waals surface area contributed by atoms with Gasteiger partial charge in [0.25, 0.3) is 0 Å². The summed E-state index contributed by atoms with van der Waals surface area (Å²) in [6.45, 7) is 2.18. The Labute approximate surface area is 168 Å². The van der Waals surface area contributed by atoms with E-state index in [0.717, 1.165) is 12.8 Å². The Kier molecular flexibility index (Phi) is 4.89. The van der Waals surface area contributed by atoms with Gasteiger partial charge in [-0.1, -0.05) is 6.92 Å². The van der Waals surface area contributed by atoms with Crippen molar-refractivity contribution in [2.45, 2.75) is 39.3 Å². The van der Waals surface area contributed by atoms with Crippen molar-refractivity contribution in [1.82, 2.24) is 15.3 Å². The molecular weight excluding hydrogens is 407 g/mol. The molecule has 6 nitrogen and oxygen atoms in total. The van der Waals surface area contributed by atoms with E-state index in [1.54, 1.807) is 17.0 Å². The first-order valence-electron chi connectivity index (χ1n) is 8.91. The molecule has 2 heterocycles. The number of H-pyrrole nitrogens is 1. The summed E-state index contributed by atoms with van der Waals surface area (Å²) >= 11 is 1.37. The van der Waals surface area contributed by atoms with Crippen molar-refractivity contribution < 1.29 is 27.4 Å². The second kappa shape index (κ2) is 7.25. The second-order valence-electron chi connectivity index (χ2n) is 7.24. The Bertz CT molecular complexity index is 1030. The van der Waals surface area contributed by atoms with Gasteiger partial charge >= 0.3 is 6.36 Å². The first kappa shape index (κ1) is 19.6. The SMILES string of the molecule is CC1(C(=O)NCc2cc3cc(OC(F)(F)F)c(OCc4cscn4)cc3[nH]2)CC1. The number of fused-ring (bicyclic) bond motifs is 1. The van der Waals surface area contributed by atoms with E-state index in [-0.39, 0.29) is 30.2 Å². The van der Waals surface area contributed by atoms with Gasteiger partial charge in [0.15, 0.2) is 11.5 Å². The standard InChI is InChI=1S/C19H18F3N3O3S/c1-18(2-3-18)17(26)23-7-12-4-11-5-16(28-19(20,21)22)15(6-14(11)25-12)27-8-13-9-29-10-24-13/h4-6,9-10,25H,2-3,7-8H2,1H3,(H,23,26). The Balaban J connectivity index is 1.56. The van der Waals surface area contributed by atoms with Crippen LogP contribution in [-0.2, 0) is 17.9 Å². The van der Waals surface area contributed by atoms with Crippen molar-refractivity contribution in [2.75, 3.05) is 0 Å². The van der Waals surface area contributed by atoms with E-state index in [1.165, 1.54) is 23.5 Å². The molecule has 0 unspecified atom stereocenters. The fraction of sp³-hybridized carbons (Fsp3) is 0.368. The fourth-order valence-electron chi connectivity index (χ4n) is 2.88. The van der Waals surface area contributed by atoms with Crippen LogP contribution in [-0.4, -0.2) is 22.2 Å². The highest BCUT2D eigenvalue weighted by atomic mass is 32.1.